The monoisotopic (exact) mass is 208 g/mol. The second-order valence-electron chi connectivity index (χ2n) is 3.99. The Morgan fingerprint density at radius 3 is 2.87 bits per heavy atom. The molecule has 1 fully saturated rings. The van der Waals surface area contributed by atoms with E-state index in [0.717, 1.165) is 6.42 Å². The maximum absolute atomic E-state index is 13.1. The molecular formula is C11H13FN2O. The summed E-state index contributed by atoms with van der Waals surface area (Å²) in [7, 11) is 0. The fraction of sp³-hybridized carbons (Fsp3) is 0.364. The van der Waals surface area contributed by atoms with E-state index in [4.69, 9.17) is 5.73 Å². The number of halogens is 1. The van der Waals surface area contributed by atoms with Crippen LogP contribution >= 0.6 is 0 Å². The summed E-state index contributed by atoms with van der Waals surface area (Å²) in [6.07, 6.45) is 0.987. The van der Waals surface area contributed by atoms with Gasteiger partial charge in [-0.15, -0.1) is 0 Å². The molecule has 2 rings (SSSR count). The van der Waals surface area contributed by atoms with Gasteiger partial charge in [0.15, 0.2) is 0 Å². The number of nitrogens with one attached hydrogen (secondary N) is 1. The van der Waals surface area contributed by atoms with Crippen LogP contribution in [0.3, 0.4) is 0 Å². The van der Waals surface area contributed by atoms with Crippen LogP contribution in [0.25, 0.3) is 0 Å². The molecule has 2 unspecified atom stereocenters. The molecule has 0 radical (unpaired) electrons. The van der Waals surface area contributed by atoms with Gasteiger partial charge in [-0.2, -0.15) is 0 Å². The Hall–Kier alpha value is -1.58. The van der Waals surface area contributed by atoms with E-state index in [-0.39, 0.29) is 23.2 Å². The molecule has 3 nitrogen and oxygen atoms in total. The molecule has 0 saturated heterocycles. The van der Waals surface area contributed by atoms with Crippen molar-refractivity contribution in [2.75, 3.05) is 5.73 Å². The summed E-state index contributed by atoms with van der Waals surface area (Å²) in [6.45, 7) is 2.06. The molecule has 1 saturated carbocycles. The molecule has 80 valence electrons. The van der Waals surface area contributed by atoms with Crippen molar-refractivity contribution in [3.63, 3.8) is 0 Å². The summed E-state index contributed by atoms with van der Waals surface area (Å²) in [5.41, 5.74) is 5.61. The number of rotatable bonds is 2. The zero-order valence-electron chi connectivity index (χ0n) is 8.46. The third kappa shape index (κ3) is 1.93. The van der Waals surface area contributed by atoms with Crippen molar-refractivity contribution in [3.8, 4) is 0 Å². The van der Waals surface area contributed by atoms with Crippen LogP contribution in [-0.2, 0) is 0 Å². The average Bonchev–Trinajstić information content (AvgIpc) is 2.86. The van der Waals surface area contributed by atoms with Crippen LogP contribution in [0.4, 0.5) is 10.1 Å². The molecule has 1 amide bonds. The first kappa shape index (κ1) is 9.96. The summed E-state index contributed by atoms with van der Waals surface area (Å²) < 4.78 is 13.1. The number of carbonyl (C=O) groups excluding carboxylic acids is 1. The Bertz CT molecular complexity index is 406. The van der Waals surface area contributed by atoms with E-state index in [1.807, 2.05) is 0 Å². The number of hydrogen-bond donors (Lipinski definition) is 2. The van der Waals surface area contributed by atoms with Crippen LogP contribution in [-0.4, -0.2) is 11.9 Å². The highest BCUT2D eigenvalue weighted by atomic mass is 19.1. The van der Waals surface area contributed by atoms with E-state index >= 15 is 0 Å². The quantitative estimate of drug-likeness (QED) is 0.724. The molecular weight excluding hydrogens is 195 g/mol. The predicted molar refractivity (Wildman–Crippen MR) is 55.8 cm³/mol. The van der Waals surface area contributed by atoms with Crippen LogP contribution in [0.5, 0.6) is 0 Å². The maximum Gasteiger partial charge on any atom is 0.253 e. The van der Waals surface area contributed by atoms with Crippen molar-refractivity contribution in [3.05, 3.63) is 29.6 Å². The van der Waals surface area contributed by atoms with Gasteiger partial charge in [-0.25, -0.2) is 4.39 Å². The average molecular weight is 208 g/mol. The molecule has 0 aliphatic heterocycles. The van der Waals surface area contributed by atoms with Crippen molar-refractivity contribution in [2.24, 2.45) is 5.92 Å². The molecule has 1 aromatic carbocycles. The topological polar surface area (TPSA) is 55.1 Å². The van der Waals surface area contributed by atoms with Crippen molar-refractivity contribution in [1.82, 2.24) is 5.32 Å². The number of carbonyl (C=O) groups is 1. The molecule has 0 spiro atoms. The number of para-hydroxylation sites is 1. The highest BCUT2D eigenvalue weighted by Crippen LogP contribution is 2.29. The van der Waals surface area contributed by atoms with Gasteiger partial charge in [0, 0.05) is 6.04 Å². The maximum atomic E-state index is 13.1. The normalized spacial score (nSPS) is 23.6. The third-order valence-electron chi connectivity index (χ3n) is 2.72. The molecule has 2 atom stereocenters. The molecule has 0 bridgehead atoms. The smallest absolute Gasteiger partial charge is 0.253 e. The summed E-state index contributed by atoms with van der Waals surface area (Å²) in [4.78, 5) is 11.7. The zero-order valence-corrected chi connectivity index (χ0v) is 8.46. The summed E-state index contributed by atoms with van der Waals surface area (Å²) >= 11 is 0. The van der Waals surface area contributed by atoms with Crippen molar-refractivity contribution < 1.29 is 9.18 Å². The molecule has 15 heavy (non-hydrogen) atoms. The number of benzene rings is 1. The molecule has 1 aliphatic carbocycles. The summed E-state index contributed by atoms with van der Waals surface area (Å²) in [5.74, 6) is -0.323. The minimum absolute atomic E-state index is 0.0803. The lowest BCUT2D eigenvalue weighted by atomic mass is 10.1. The van der Waals surface area contributed by atoms with Crippen LogP contribution in [0.1, 0.15) is 23.7 Å². The van der Waals surface area contributed by atoms with Gasteiger partial charge in [0.1, 0.15) is 5.82 Å². The Balaban J connectivity index is 2.14. The van der Waals surface area contributed by atoms with Gasteiger partial charge < -0.3 is 11.1 Å². The van der Waals surface area contributed by atoms with Crippen LogP contribution < -0.4 is 11.1 Å². The van der Waals surface area contributed by atoms with Crippen molar-refractivity contribution in [1.29, 1.82) is 0 Å². The first-order chi connectivity index (χ1) is 7.09. The van der Waals surface area contributed by atoms with Crippen molar-refractivity contribution in [2.45, 2.75) is 19.4 Å². The highest BCUT2D eigenvalue weighted by Gasteiger charge is 2.34. The first-order valence-corrected chi connectivity index (χ1v) is 4.94. The number of nitrogens with two attached hydrogens (primary N) is 1. The highest BCUT2D eigenvalue weighted by molar-refractivity contribution is 5.99. The third-order valence-corrected chi connectivity index (χ3v) is 2.72. The van der Waals surface area contributed by atoms with E-state index in [1.54, 1.807) is 0 Å². The molecule has 0 aromatic heterocycles. The number of hydrogen-bond acceptors (Lipinski definition) is 2. The van der Waals surface area contributed by atoms with Gasteiger partial charge in [0.25, 0.3) is 5.91 Å². The lowest BCUT2D eigenvalue weighted by Crippen LogP contribution is -2.27. The van der Waals surface area contributed by atoms with Gasteiger partial charge in [-0.1, -0.05) is 13.0 Å². The van der Waals surface area contributed by atoms with Gasteiger partial charge >= 0.3 is 0 Å². The van der Waals surface area contributed by atoms with E-state index in [2.05, 4.69) is 12.2 Å². The summed E-state index contributed by atoms with van der Waals surface area (Å²) in [5, 5.41) is 2.80. The van der Waals surface area contributed by atoms with E-state index in [0.29, 0.717) is 5.92 Å². The van der Waals surface area contributed by atoms with Gasteiger partial charge in [0.05, 0.1) is 11.3 Å². The van der Waals surface area contributed by atoms with E-state index < -0.39 is 5.82 Å². The van der Waals surface area contributed by atoms with Crippen LogP contribution in [0.15, 0.2) is 18.2 Å². The van der Waals surface area contributed by atoms with Crippen LogP contribution in [0, 0.1) is 11.7 Å². The SMILES string of the molecule is CC1CC1NC(=O)c1cccc(F)c1N. The largest absolute Gasteiger partial charge is 0.396 e. The lowest BCUT2D eigenvalue weighted by molar-refractivity contribution is 0.0950. The molecule has 3 N–H and O–H groups in total. The fourth-order valence-corrected chi connectivity index (χ4v) is 1.50. The molecule has 4 heteroatoms. The van der Waals surface area contributed by atoms with Gasteiger partial charge in [-0.3, -0.25) is 4.79 Å². The van der Waals surface area contributed by atoms with Crippen molar-refractivity contribution >= 4 is 11.6 Å². The Morgan fingerprint density at radius 2 is 2.27 bits per heavy atom. The standard InChI is InChI=1S/C11H13FN2O/c1-6-5-9(6)14-11(15)7-3-2-4-8(12)10(7)13/h2-4,6,9H,5,13H2,1H3,(H,14,15). The zero-order chi connectivity index (χ0) is 11.0. The minimum atomic E-state index is -0.550. The number of anilines is 1. The Morgan fingerprint density at radius 1 is 1.60 bits per heavy atom. The van der Waals surface area contributed by atoms with E-state index in [9.17, 15) is 9.18 Å². The number of nitrogen functional groups attached to an aromatic ring is 1. The Labute approximate surface area is 87.5 Å². The molecule has 1 aliphatic rings. The second kappa shape index (κ2) is 3.53. The minimum Gasteiger partial charge on any atom is -0.396 e. The van der Waals surface area contributed by atoms with Crippen LogP contribution in [0.2, 0.25) is 0 Å². The molecule has 0 heterocycles. The Kier molecular flexibility index (Phi) is 2.34. The van der Waals surface area contributed by atoms with E-state index in [1.165, 1.54) is 18.2 Å². The summed E-state index contributed by atoms with van der Waals surface area (Å²) in [6, 6.07) is 4.48. The first-order valence-electron chi connectivity index (χ1n) is 4.94. The predicted octanol–water partition coefficient (Wildman–Crippen LogP) is 1.55. The molecule has 1 aromatic rings. The van der Waals surface area contributed by atoms with Gasteiger partial charge in [0.2, 0.25) is 0 Å². The number of amides is 1. The van der Waals surface area contributed by atoms with Gasteiger partial charge in [-0.05, 0) is 24.5 Å². The second-order valence-corrected chi connectivity index (χ2v) is 3.99. The fourth-order valence-electron chi connectivity index (χ4n) is 1.50. The lowest BCUT2D eigenvalue weighted by Gasteiger charge is -2.06.